The number of aryl methyl sites for hydroxylation is 1. The Labute approximate surface area is 151 Å². The minimum Gasteiger partial charge on any atom is -0.490 e. The summed E-state index contributed by atoms with van der Waals surface area (Å²) in [5.74, 6) is 1.60. The van der Waals surface area contributed by atoms with E-state index >= 15 is 0 Å². The van der Waals surface area contributed by atoms with Crippen LogP contribution in [0.5, 0.6) is 5.75 Å². The van der Waals surface area contributed by atoms with Crippen molar-refractivity contribution in [2.45, 2.75) is 57.6 Å². The molecule has 0 aromatic heterocycles. The number of hydrogen-bond acceptors (Lipinski definition) is 3. The van der Waals surface area contributed by atoms with Crippen molar-refractivity contribution < 1.29 is 9.53 Å². The van der Waals surface area contributed by atoms with E-state index < -0.39 is 0 Å². The molecule has 0 radical (unpaired) electrons. The summed E-state index contributed by atoms with van der Waals surface area (Å²) in [5.41, 5.74) is 7.32. The number of nitrogens with two attached hydrogens (primary N) is 1. The van der Waals surface area contributed by atoms with Gasteiger partial charge in [-0.2, -0.15) is 0 Å². The standard InChI is InChI=1S/C19H28N2O2.ClH/c1-14-5-7-16(8-6-14)23-17-9-11-21(12-10-17)19(22)13-15-3-2-4-18(15)20;/h5-8,15,17-18H,2-4,9-13,20H2,1H3;1H/t15-,18+;/m0./s1. The average Bonchev–Trinajstić information content (AvgIpc) is 2.95. The SMILES string of the molecule is Cc1ccc(OC2CCN(C(=O)C[C@@H]3CCC[C@H]3N)CC2)cc1.Cl. The van der Waals surface area contributed by atoms with E-state index in [-0.39, 0.29) is 30.5 Å². The number of rotatable bonds is 4. The van der Waals surface area contributed by atoms with Crippen LogP contribution in [0.3, 0.4) is 0 Å². The molecule has 1 saturated heterocycles. The molecule has 0 spiro atoms. The fourth-order valence-electron chi connectivity index (χ4n) is 3.70. The third kappa shape index (κ3) is 4.87. The number of hydrogen-bond donors (Lipinski definition) is 1. The van der Waals surface area contributed by atoms with Gasteiger partial charge in [-0.3, -0.25) is 4.79 Å². The number of benzene rings is 1. The summed E-state index contributed by atoms with van der Waals surface area (Å²) in [6.07, 6.45) is 6.03. The molecule has 1 aliphatic carbocycles. The molecule has 2 aliphatic rings. The van der Waals surface area contributed by atoms with Crippen LogP contribution < -0.4 is 10.5 Å². The van der Waals surface area contributed by atoms with Gasteiger partial charge in [0.15, 0.2) is 0 Å². The van der Waals surface area contributed by atoms with E-state index in [4.69, 9.17) is 10.5 Å². The number of amides is 1. The van der Waals surface area contributed by atoms with E-state index in [2.05, 4.69) is 19.1 Å². The molecule has 1 heterocycles. The van der Waals surface area contributed by atoms with Gasteiger partial charge in [0, 0.05) is 38.4 Å². The van der Waals surface area contributed by atoms with E-state index in [1.165, 1.54) is 12.0 Å². The molecular weight excluding hydrogens is 324 g/mol. The molecule has 1 amide bonds. The third-order valence-electron chi connectivity index (χ3n) is 5.27. The van der Waals surface area contributed by atoms with Gasteiger partial charge in [0.05, 0.1) is 0 Å². The maximum absolute atomic E-state index is 12.4. The van der Waals surface area contributed by atoms with Crippen LogP contribution >= 0.6 is 12.4 Å². The smallest absolute Gasteiger partial charge is 0.222 e. The van der Waals surface area contributed by atoms with Crippen molar-refractivity contribution in [1.82, 2.24) is 4.90 Å². The van der Waals surface area contributed by atoms with Crippen LogP contribution in [0.25, 0.3) is 0 Å². The summed E-state index contributed by atoms with van der Waals surface area (Å²) in [7, 11) is 0. The van der Waals surface area contributed by atoms with E-state index in [0.29, 0.717) is 12.3 Å². The second-order valence-electron chi connectivity index (χ2n) is 7.07. The maximum Gasteiger partial charge on any atom is 0.222 e. The topological polar surface area (TPSA) is 55.6 Å². The van der Waals surface area contributed by atoms with Crippen LogP contribution in [0.2, 0.25) is 0 Å². The predicted molar refractivity (Wildman–Crippen MR) is 98.6 cm³/mol. The van der Waals surface area contributed by atoms with E-state index in [9.17, 15) is 4.79 Å². The number of piperidine rings is 1. The van der Waals surface area contributed by atoms with E-state index in [0.717, 1.165) is 44.5 Å². The molecule has 4 nitrogen and oxygen atoms in total. The van der Waals surface area contributed by atoms with Crippen molar-refractivity contribution in [2.24, 2.45) is 11.7 Å². The first kappa shape index (κ1) is 19.1. The normalized spacial score (nSPS) is 24.5. The molecule has 24 heavy (non-hydrogen) atoms. The van der Waals surface area contributed by atoms with Crippen molar-refractivity contribution in [2.75, 3.05) is 13.1 Å². The molecule has 0 unspecified atom stereocenters. The number of carbonyl (C=O) groups excluding carboxylic acids is 1. The Kier molecular flexibility index (Phi) is 6.93. The highest BCUT2D eigenvalue weighted by Gasteiger charge is 2.30. The minimum absolute atomic E-state index is 0. The Balaban J connectivity index is 0.00000208. The first-order valence-electron chi connectivity index (χ1n) is 8.88. The largest absolute Gasteiger partial charge is 0.490 e. The number of likely N-dealkylation sites (tertiary alicyclic amines) is 1. The summed E-state index contributed by atoms with van der Waals surface area (Å²) in [6.45, 7) is 3.68. The molecule has 1 saturated carbocycles. The number of ether oxygens (including phenoxy) is 1. The minimum atomic E-state index is 0. The van der Waals surface area contributed by atoms with Crippen molar-refractivity contribution in [3.63, 3.8) is 0 Å². The quantitative estimate of drug-likeness (QED) is 0.904. The molecule has 0 bridgehead atoms. The maximum atomic E-state index is 12.4. The highest BCUT2D eigenvalue weighted by Crippen LogP contribution is 2.28. The van der Waals surface area contributed by atoms with Gasteiger partial charge in [0.25, 0.3) is 0 Å². The van der Waals surface area contributed by atoms with Crippen LogP contribution in [0.15, 0.2) is 24.3 Å². The van der Waals surface area contributed by atoms with Gasteiger partial charge < -0.3 is 15.4 Å². The first-order valence-corrected chi connectivity index (χ1v) is 8.88. The Morgan fingerprint density at radius 3 is 2.42 bits per heavy atom. The number of nitrogens with zero attached hydrogens (tertiary/aromatic N) is 1. The summed E-state index contributed by atoms with van der Waals surface area (Å²) in [5, 5.41) is 0. The fraction of sp³-hybridized carbons (Fsp3) is 0.632. The van der Waals surface area contributed by atoms with Gasteiger partial charge in [-0.05, 0) is 37.8 Å². The highest BCUT2D eigenvalue weighted by molar-refractivity contribution is 5.85. The second-order valence-corrected chi connectivity index (χ2v) is 7.07. The molecule has 1 aliphatic heterocycles. The van der Waals surface area contributed by atoms with Crippen LogP contribution in [-0.4, -0.2) is 36.0 Å². The van der Waals surface area contributed by atoms with Crippen LogP contribution in [0, 0.1) is 12.8 Å². The van der Waals surface area contributed by atoms with Gasteiger partial charge in [0.1, 0.15) is 11.9 Å². The first-order chi connectivity index (χ1) is 11.1. The number of carbonyl (C=O) groups is 1. The molecule has 1 aromatic rings. The Morgan fingerprint density at radius 2 is 1.83 bits per heavy atom. The fourth-order valence-corrected chi connectivity index (χ4v) is 3.70. The lowest BCUT2D eigenvalue weighted by Crippen LogP contribution is -2.43. The molecular formula is C19H29ClN2O2. The highest BCUT2D eigenvalue weighted by atomic mass is 35.5. The predicted octanol–water partition coefficient (Wildman–Crippen LogP) is 3.30. The lowest BCUT2D eigenvalue weighted by Gasteiger charge is -2.33. The van der Waals surface area contributed by atoms with E-state index in [1.54, 1.807) is 0 Å². The Hall–Kier alpha value is -1.26. The molecule has 2 atom stereocenters. The zero-order chi connectivity index (χ0) is 16.2. The van der Waals surface area contributed by atoms with Crippen molar-refractivity contribution >= 4 is 18.3 Å². The molecule has 5 heteroatoms. The van der Waals surface area contributed by atoms with Crippen molar-refractivity contribution in [3.05, 3.63) is 29.8 Å². The monoisotopic (exact) mass is 352 g/mol. The van der Waals surface area contributed by atoms with Crippen LogP contribution in [0.1, 0.15) is 44.1 Å². The summed E-state index contributed by atoms with van der Waals surface area (Å²) < 4.78 is 6.03. The van der Waals surface area contributed by atoms with Gasteiger partial charge in [-0.25, -0.2) is 0 Å². The van der Waals surface area contributed by atoms with E-state index in [1.807, 2.05) is 17.0 Å². The lowest BCUT2D eigenvalue weighted by atomic mass is 9.98. The summed E-state index contributed by atoms with van der Waals surface area (Å²) in [4.78, 5) is 14.4. The molecule has 1 aromatic carbocycles. The Morgan fingerprint density at radius 1 is 1.17 bits per heavy atom. The van der Waals surface area contributed by atoms with Crippen molar-refractivity contribution in [3.8, 4) is 5.75 Å². The van der Waals surface area contributed by atoms with Gasteiger partial charge in [-0.1, -0.05) is 24.1 Å². The lowest BCUT2D eigenvalue weighted by molar-refractivity contribution is -0.134. The van der Waals surface area contributed by atoms with Crippen molar-refractivity contribution in [1.29, 1.82) is 0 Å². The zero-order valence-corrected chi connectivity index (χ0v) is 15.3. The second kappa shape index (κ2) is 8.72. The zero-order valence-electron chi connectivity index (χ0n) is 14.4. The van der Waals surface area contributed by atoms with Gasteiger partial charge >= 0.3 is 0 Å². The summed E-state index contributed by atoms with van der Waals surface area (Å²) in [6, 6.07) is 8.40. The molecule has 3 rings (SSSR count). The van der Waals surface area contributed by atoms with Gasteiger partial charge in [-0.15, -0.1) is 12.4 Å². The van der Waals surface area contributed by atoms with Gasteiger partial charge in [0.2, 0.25) is 5.91 Å². The molecule has 134 valence electrons. The Bertz CT molecular complexity index is 527. The summed E-state index contributed by atoms with van der Waals surface area (Å²) >= 11 is 0. The van der Waals surface area contributed by atoms with Crippen LogP contribution in [-0.2, 0) is 4.79 Å². The third-order valence-corrected chi connectivity index (χ3v) is 5.27. The average molecular weight is 353 g/mol. The van der Waals surface area contributed by atoms with Crippen LogP contribution in [0.4, 0.5) is 0 Å². The molecule has 2 N–H and O–H groups in total. The number of halogens is 1. The molecule has 2 fully saturated rings.